The highest BCUT2D eigenvalue weighted by Crippen LogP contribution is 2.06. The number of carbonyl (C=O) groups is 2. The molecule has 1 aromatic rings. The van der Waals surface area contributed by atoms with Gasteiger partial charge in [-0.05, 0) is 26.0 Å². The molecule has 88 valence electrons. The second kappa shape index (κ2) is 5.34. The first kappa shape index (κ1) is 12.3. The topological polar surface area (TPSA) is 68.5 Å². The van der Waals surface area contributed by atoms with Crippen molar-refractivity contribution in [1.29, 1.82) is 0 Å². The van der Waals surface area contributed by atoms with Crippen molar-refractivity contribution in [3.05, 3.63) is 23.7 Å². The number of nitrogens with one attached hydrogen (secondary N) is 1. The lowest BCUT2D eigenvalue weighted by Crippen LogP contribution is -2.34. The molecule has 0 aromatic carbocycles. The molecule has 1 amide bonds. The molecule has 0 aliphatic carbocycles. The van der Waals surface area contributed by atoms with Gasteiger partial charge in [-0.2, -0.15) is 0 Å². The van der Waals surface area contributed by atoms with Gasteiger partial charge < -0.3 is 14.5 Å². The summed E-state index contributed by atoms with van der Waals surface area (Å²) in [5, 5.41) is 2.64. The second-order valence-corrected chi connectivity index (χ2v) is 3.57. The van der Waals surface area contributed by atoms with Crippen molar-refractivity contribution in [2.75, 3.05) is 7.11 Å². The number of amides is 1. The van der Waals surface area contributed by atoms with Crippen LogP contribution in [0.1, 0.15) is 29.7 Å². The summed E-state index contributed by atoms with van der Waals surface area (Å²) in [4.78, 5) is 22.5. The summed E-state index contributed by atoms with van der Waals surface area (Å²) in [6, 6.07) is 3.01. The largest absolute Gasteiger partial charge is 0.469 e. The number of aryl methyl sites for hydroxylation is 1. The van der Waals surface area contributed by atoms with Crippen LogP contribution in [0.15, 0.2) is 16.5 Å². The van der Waals surface area contributed by atoms with Gasteiger partial charge in [0.25, 0.3) is 5.91 Å². The zero-order chi connectivity index (χ0) is 12.1. The summed E-state index contributed by atoms with van der Waals surface area (Å²) in [6.07, 6.45) is 0.141. The molecule has 0 bridgehead atoms. The molecular formula is C11H15NO4. The fraction of sp³-hybridized carbons (Fsp3) is 0.455. The zero-order valence-corrected chi connectivity index (χ0v) is 9.57. The van der Waals surface area contributed by atoms with Crippen molar-refractivity contribution in [3.63, 3.8) is 0 Å². The Morgan fingerprint density at radius 3 is 2.69 bits per heavy atom. The van der Waals surface area contributed by atoms with Gasteiger partial charge >= 0.3 is 5.97 Å². The zero-order valence-electron chi connectivity index (χ0n) is 9.57. The lowest BCUT2D eigenvalue weighted by molar-refractivity contribution is -0.141. The maximum absolute atomic E-state index is 11.6. The molecule has 0 aliphatic heterocycles. The van der Waals surface area contributed by atoms with E-state index in [2.05, 4.69) is 10.1 Å². The minimum atomic E-state index is -0.358. The van der Waals surface area contributed by atoms with E-state index in [9.17, 15) is 9.59 Å². The summed E-state index contributed by atoms with van der Waals surface area (Å²) in [5.74, 6) is 0.230. The molecule has 0 radical (unpaired) electrons. The third kappa shape index (κ3) is 3.42. The predicted octanol–water partition coefficient (Wildman–Crippen LogP) is 1.27. The van der Waals surface area contributed by atoms with Gasteiger partial charge in [0.1, 0.15) is 5.76 Å². The Hall–Kier alpha value is -1.78. The average molecular weight is 225 g/mol. The summed E-state index contributed by atoms with van der Waals surface area (Å²) in [6.45, 7) is 3.49. The minimum absolute atomic E-state index is 0.141. The molecule has 0 spiro atoms. The molecule has 1 atom stereocenters. The van der Waals surface area contributed by atoms with Crippen LogP contribution in [-0.2, 0) is 9.53 Å². The molecule has 0 saturated carbocycles. The molecule has 0 saturated heterocycles. The number of rotatable bonds is 4. The Morgan fingerprint density at radius 2 is 2.19 bits per heavy atom. The Morgan fingerprint density at radius 1 is 1.50 bits per heavy atom. The van der Waals surface area contributed by atoms with Crippen LogP contribution in [-0.4, -0.2) is 25.0 Å². The molecule has 0 aliphatic rings. The third-order valence-electron chi connectivity index (χ3n) is 2.04. The highest BCUT2D eigenvalue weighted by atomic mass is 16.5. The molecule has 1 rings (SSSR count). The van der Waals surface area contributed by atoms with Crippen molar-refractivity contribution in [2.45, 2.75) is 26.3 Å². The Bertz CT molecular complexity index is 383. The Labute approximate surface area is 93.8 Å². The number of hydrogen-bond acceptors (Lipinski definition) is 4. The van der Waals surface area contributed by atoms with Crippen molar-refractivity contribution < 1.29 is 18.7 Å². The van der Waals surface area contributed by atoms with Crippen molar-refractivity contribution in [3.8, 4) is 0 Å². The molecular weight excluding hydrogens is 210 g/mol. The number of methoxy groups -OCH3 is 1. The van der Waals surface area contributed by atoms with E-state index >= 15 is 0 Å². The van der Waals surface area contributed by atoms with E-state index < -0.39 is 0 Å². The average Bonchev–Trinajstić information content (AvgIpc) is 2.64. The molecule has 5 heteroatoms. The number of carbonyl (C=O) groups excluding carboxylic acids is 2. The van der Waals surface area contributed by atoms with Crippen molar-refractivity contribution >= 4 is 11.9 Å². The molecule has 1 aromatic heterocycles. The molecule has 1 N–H and O–H groups in total. The van der Waals surface area contributed by atoms with Crippen LogP contribution in [0.3, 0.4) is 0 Å². The number of ether oxygens (including phenoxy) is 1. The van der Waals surface area contributed by atoms with Crippen LogP contribution >= 0.6 is 0 Å². The van der Waals surface area contributed by atoms with Crippen molar-refractivity contribution in [1.82, 2.24) is 5.32 Å². The van der Waals surface area contributed by atoms with Crippen LogP contribution in [0.5, 0.6) is 0 Å². The fourth-order valence-corrected chi connectivity index (χ4v) is 1.24. The number of esters is 1. The maximum Gasteiger partial charge on any atom is 0.307 e. The van der Waals surface area contributed by atoms with Crippen molar-refractivity contribution in [2.24, 2.45) is 0 Å². The van der Waals surface area contributed by atoms with Gasteiger partial charge in [-0.15, -0.1) is 0 Å². The van der Waals surface area contributed by atoms with Gasteiger partial charge in [0.15, 0.2) is 5.76 Å². The molecule has 1 heterocycles. The maximum atomic E-state index is 11.6. The Balaban J connectivity index is 2.48. The van der Waals surface area contributed by atoms with E-state index in [1.165, 1.54) is 7.11 Å². The molecule has 0 unspecified atom stereocenters. The third-order valence-corrected chi connectivity index (χ3v) is 2.04. The quantitative estimate of drug-likeness (QED) is 0.783. The lowest BCUT2D eigenvalue weighted by Gasteiger charge is -2.10. The SMILES string of the molecule is COC(=O)C[C@@H](C)NC(=O)c1ccc(C)o1. The van der Waals surface area contributed by atoms with Crippen LogP contribution in [0.25, 0.3) is 0 Å². The van der Waals surface area contributed by atoms with E-state index in [-0.39, 0.29) is 30.1 Å². The summed E-state index contributed by atoms with van der Waals surface area (Å²) < 4.78 is 9.65. The van der Waals surface area contributed by atoms with E-state index in [0.717, 1.165) is 0 Å². The first-order valence-electron chi connectivity index (χ1n) is 4.97. The standard InChI is InChI=1S/C11H15NO4/c1-7(6-10(13)15-3)12-11(14)9-5-4-8(2)16-9/h4-5,7H,6H2,1-3H3,(H,12,14)/t7-/m1/s1. The first-order chi connectivity index (χ1) is 7.52. The minimum Gasteiger partial charge on any atom is -0.469 e. The second-order valence-electron chi connectivity index (χ2n) is 3.57. The molecule has 16 heavy (non-hydrogen) atoms. The monoisotopic (exact) mass is 225 g/mol. The Kier molecular flexibility index (Phi) is 4.10. The summed E-state index contributed by atoms with van der Waals surface area (Å²) >= 11 is 0. The fourth-order valence-electron chi connectivity index (χ4n) is 1.24. The summed E-state index contributed by atoms with van der Waals surface area (Å²) in [5.41, 5.74) is 0. The van der Waals surface area contributed by atoms with Gasteiger partial charge in [0.05, 0.1) is 13.5 Å². The first-order valence-corrected chi connectivity index (χ1v) is 4.97. The highest BCUT2D eigenvalue weighted by Gasteiger charge is 2.15. The van der Waals surface area contributed by atoms with E-state index in [1.54, 1.807) is 26.0 Å². The van der Waals surface area contributed by atoms with Gasteiger partial charge in [-0.3, -0.25) is 9.59 Å². The van der Waals surface area contributed by atoms with E-state index in [1.807, 2.05) is 0 Å². The number of furan rings is 1. The van der Waals surface area contributed by atoms with Crippen LogP contribution in [0.2, 0.25) is 0 Å². The van der Waals surface area contributed by atoms with Crippen LogP contribution in [0.4, 0.5) is 0 Å². The lowest BCUT2D eigenvalue weighted by atomic mass is 10.2. The van der Waals surface area contributed by atoms with Crippen LogP contribution < -0.4 is 5.32 Å². The predicted molar refractivity (Wildman–Crippen MR) is 57.0 cm³/mol. The van der Waals surface area contributed by atoms with E-state index in [0.29, 0.717) is 5.76 Å². The van der Waals surface area contributed by atoms with Gasteiger partial charge in [0, 0.05) is 6.04 Å². The van der Waals surface area contributed by atoms with E-state index in [4.69, 9.17) is 4.42 Å². The number of hydrogen-bond donors (Lipinski definition) is 1. The highest BCUT2D eigenvalue weighted by molar-refractivity contribution is 5.91. The van der Waals surface area contributed by atoms with Gasteiger partial charge in [-0.25, -0.2) is 0 Å². The smallest absolute Gasteiger partial charge is 0.307 e. The van der Waals surface area contributed by atoms with Gasteiger partial charge in [0.2, 0.25) is 0 Å². The normalized spacial score (nSPS) is 11.9. The van der Waals surface area contributed by atoms with Crippen LogP contribution in [0, 0.1) is 6.92 Å². The molecule has 0 fully saturated rings. The molecule has 5 nitrogen and oxygen atoms in total. The summed E-state index contributed by atoms with van der Waals surface area (Å²) in [7, 11) is 1.31. The van der Waals surface area contributed by atoms with Gasteiger partial charge in [-0.1, -0.05) is 0 Å².